The lowest BCUT2D eigenvalue weighted by molar-refractivity contribution is -0.148. The molecule has 0 N–H and O–H groups in total. The number of anilines is 1. The van der Waals surface area contributed by atoms with Gasteiger partial charge in [-0.05, 0) is 32.3 Å². The lowest BCUT2D eigenvalue weighted by Gasteiger charge is -2.30. The predicted molar refractivity (Wildman–Crippen MR) is 85.5 cm³/mol. The Morgan fingerprint density at radius 1 is 1.39 bits per heavy atom. The zero-order valence-corrected chi connectivity index (χ0v) is 13.5. The highest BCUT2D eigenvalue weighted by molar-refractivity contribution is 5.72. The molecule has 0 spiro atoms. The van der Waals surface area contributed by atoms with Crippen molar-refractivity contribution in [1.29, 1.82) is 0 Å². The fraction of sp³-hybridized carbons (Fsp3) is 0.500. The molecular weight excluding hydrogens is 294 g/mol. The maximum atomic E-state index is 11.8. The molecule has 3 heterocycles. The Kier molecular flexibility index (Phi) is 4.55. The number of nitrogens with zero attached hydrogens (tertiary/aromatic N) is 5. The molecule has 0 aliphatic carbocycles. The monoisotopic (exact) mass is 315 g/mol. The average molecular weight is 315 g/mol. The van der Waals surface area contributed by atoms with E-state index in [1.807, 2.05) is 26.1 Å². The van der Waals surface area contributed by atoms with Crippen molar-refractivity contribution in [3.8, 4) is 5.82 Å². The summed E-state index contributed by atoms with van der Waals surface area (Å²) in [5, 5.41) is 4.27. The maximum absolute atomic E-state index is 11.8. The van der Waals surface area contributed by atoms with Gasteiger partial charge in [-0.15, -0.1) is 0 Å². The van der Waals surface area contributed by atoms with Crippen LogP contribution in [0, 0.1) is 12.8 Å². The molecule has 122 valence electrons. The van der Waals surface area contributed by atoms with Crippen LogP contribution in [0.15, 0.2) is 24.7 Å². The fourth-order valence-electron chi connectivity index (χ4n) is 2.73. The smallest absolute Gasteiger partial charge is 0.309 e. The largest absolute Gasteiger partial charge is 0.466 e. The topological polar surface area (TPSA) is 73.1 Å². The zero-order chi connectivity index (χ0) is 16.2. The summed E-state index contributed by atoms with van der Waals surface area (Å²) < 4.78 is 6.84. The fourth-order valence-corrected chi connectivity index (χ4v) is 2.73. The lowest BCUT2D eigenvalue weighted by Crippen LogP contribution is -2.38. The molecule has 7 heteroatoms. The quantitative estimate of drug-likeness (QED) is 0.800. The van der Waals surface area contributed by atoms with Gasteiger partial charge in [-0.2, -0.15) is 10.1 Å². The molecular formula is C16H21N5O2. The van der Waals surface area contributed by atoms with E-state index in [1.54, 1.807) is 17.1 Å². The van der Waals surface area contributed by atoms with Crippen molar-refractivity contribution in [2.45, 2.75) is 26.7 Å². The Bertz CT molecular complexity index is 677. The SMILES string of the molecule is CCOC(=O)C1CCN(c2nccc(-n3cc(C)cn3)n2)CC1. The molecule has 0 radical (unpaired) electrons. The molecule has 2 aromatic heterocycles. The number of aryl methyl sites for hydroxylation is 1. The molecule has 0 atom stereocenters. The standard InChI is InChI=1S/C16H21N5O2/c1-3-23-15(22)13-5-8-20(9-6-13)16-17-7-4-14(19-16)21-11-12(2)10-18-21/h4,7,10-11,13H,3,5-6,8-9H2,1-2H3. The van der Waals surface area contributed by atoms with Gasteiger partial charge in [0.25, 0.3) is 0 Å². The molecule has 2 aromatic rings. The van der Waals surface area contributed by atoms with Crippen molar-refractivity contribution in [2.24, 2.45) is 5.92 Å². The zero-order valence-electron chi connectivity index (χ0n) is 13.5. The Morgan fingerprint density at radius 2 is 2.17 bits per heavy atom. The molecule has 0 aromatic carbocycles. The van der Waals surface area contributed by atoms with Gasteiger partial charge in [-0.3, -0.25) is 4.79 Å². The molecule has 23 heavy (non-hydrogen) atoms. The summed E-state index contributed by atoms with van der Waals surface area (Å²) in [4.78, 5) is 22.9. The van der Waals surface area contributed by atoms with Gasteiger partial charge < -0.3 is 9.64 Å². The van der Waals surface area contributed by atoms with Crippen molar-refractivity contribution in [3.05, 3.63) is 30.2 Å². The van der Waals surface area contributed by atoms with Crippen molar-refractivity contribution < 1.29 is 9.53 Å². The lowest BCUT2D eigenvalue weighted by atomic mass is 9.97. The predicted octanol–water partition coefficient (Wildman–Crippen LogP) is 1.75. The average Bonchev–Trinajstić information content (AvgIpc) is 3.02. The molecule has 0 saturated carbocycles. The van der Waals surface area contributed by atoms with Crippen LogP contribution in [0.3, 0.4) is 0 Å². The number of carbonyl (C=O) groups excluding carboxylic acids is 1. The van der Waals surface area contributed by atoms with Gasteiger partial charge >= 0.3 is 5.97 Å². The van der Waals surface area contributed by atoms with E-state index in [4.69, 9.17) is 4.74 Å². The number of hydrogen-bond acceptors (Lipinski definition) is 6. The second-order valence-electron chi connectivity index (χ2n) is 5.69. The van der Waals surface area contributed by atoms with Crippen molar-refractivity contribution >= 4 is 11.9 Å². The van der Waals surface area contributed by atoms with E-state index in [9.17, 15) is 4.79 Å². The number of piperidine rings is 1. The van der Waals surface area contributed by atoms with Crippen LogP contribution in [-0.2, 0) is 9.53 Å². The number of rotatable bonds is 4. The van der Waals surface area contributed by atoms with Crippen LogP contribution < -0.4 is 4.90 Å². The highest BCUT2D eigenvalue weighted by atomic mass is 16.5. The Hall–Kier alpha value is -2.44. The summed E-state index contributed by atoms with van der Waals surface area (Å²) in [6.45, 7) is 5.78. The first-order valence-electron chi connectivity index (χ1n) is 7.93. The van der Waals surface area contributed by atoms with Gasteiger partial charge in [0.1, 0.15) is 0 Å². The molecule has 0 bridgehead atoms. The van der Waals surface area contributed by atoms with Crippen molar-refractivity contribution in [2.75, 3.05) is 24.6 Å². The first-order chi connectivity index (χ1) is 11.2. The van der Waals surface area contributed by atoms with Gasteiger partial charge in [-0.25, -0.2) is 9.67 Å². The van der Waals surface area contributed by atoms with Crippen LogP contribution >= 0.6 is 0 Å². The second-order valence-corrected chi connectivity index (χ2v) is 5.69. The van der Waals surface area contributed by atoms with Crippen LogP contribution in [0.25, 0.3) is 5.82 Å². The summed E-state index contributed by atoms with van der Waals surface area (Å²) in [6, 6.07) is 1.83. The molecule has 1 saturated heterocycles. The summed E-state index contributed by atoms with van der Waals surface area (Å²) in [5.74, 6) is 1.32. The summed E-state index contributed by atoms with van der Waals surface area (Å²) in [5.41, 5.74) is 1.08. The molecule has 1 aliphatic rings. The van der Waals surface area contributed by atoms with E-state index in [0.717, 1.165) is 37.3 Å². The molecule has 3 rings (SSSR count). The Balaban J connectivity index is 1.68. The Morgan fingerprint density at radius 3 is 2.83 bits per heavy atom. The van der Waals surface area contributed by atoms with Gasteiger partial charge in [0, 0.05) is 31.5 Å². The first kappa shape index (κ1) is 15.5. The minimum atomic E-state index is -0.0890. The number of hydrogen-bond donors (Lipinski definition) is 0. The van der Waals surface area contributed by atoms with Crippen LogP contribution in [0.2, 0.25) is 0 Å². The van der Waals surface area contributed by atoms with E-state index in [1.165, 1.54) is 0 Å². The van der Waals surface area contributed by atoms with E-state index in [2.05, 4.69) is 20.0 Å². The minimum absolute atomic E-state index is 0.0110. The molecule has 7 nitrogen and oxygen atoms in total. The number of ether oxygens (including phenoxy) is 1. The third-order valence-electron chi connectivity index (χ3n) is 3.97. The molecule has 0 unspecified atom stereocenters. The third-order valence-corrected chi connectivity index (χ3v) is 3.97. The molecule has 1 aliphatic heterocycles. The molecule has 0 amide bonds. The first-order valence-corrected chi connectivity index (χ1v) is 7.93. The van der Waals surface area contributed by atoms with Gasteiger partial charge in [-0.1, -0.05) is 0 Å². The van der Waals surface area contributed by atoms with Crippen LogP contribution in [-0.4, -0.2) is 45.4 Å². The van der Waals surface area contributed by atoms with Crippen LogP contribution in [0.5, 0.6) is 0 Å². The maximum Gasteiger partial charge on any atom is 0.309 e. The van der Waals surface area contributed by atoms with Crippen LogP contribution in [0.1, 0.15) is 25.3 Å². The Labute approximate surface area is 135 Å². The highest BCUT2D eigenvalue weighted by Gasteiger charge is 2.27. The second kappa shape index (κ2) is 6.76. The normalized spacial score (nSPS) is 15.7. The van der Waals surface area contributed by atoms with Gasteiger partial charge in [0.2, 0.25) is 5.95 Å². The highest BCUT2D eigenvalue weighted by Crippen LogP contribution is 2.22. The van der Waals surface area contributed by atoms with Gasteiger partial charge in [0.05, 0.1) is 18.7 Å². The van der Waals surface area contributed by atoms with Crippen molar-refractivity contribution in [3.63, 3.8) is 0 Å². The summed E-state index contributed by atoms with van der Waals surface area (Å²) >= 11 is 0. The van der Waals surface area contributed by atoms with E-state index in [-0.39, 0.29) is 11.9 Å². The van der Waals surface area contributed by atoms with Crippen molar-refractivity contribution in [1.82, 2.24) is 19.7 Å². The number of esters is 1. The summed E-state index contributed by atoms with van der Waals surface area (Å²) in [7, 11) is 0. The number of carbonyl (C=O) groups is 1. The molecule has 1 fully saturated rings. The number of aromatic nitrogens is 4. The minimum Gasteiger partial charge on any atom is -0.466 e. The van der Waals surface area contributed by atoms with Crippen LogP contribution in [0.4, 0.5) is 5.95 Å². The van der Waals surface area contributed by atoms with E-state index >= 15 is 0 Å². The third kappa shape index (κ3) is 3.49. The summed E-state index contributed by atoms with van der Waals surface area (Å²) in [6.07, 6.45) is 7.01. The van der Waals surface area contributed by atoms with E-state index in [0.29, 0.717) is 12.6 Å². The van der Waals surface area contributed by atoms with Gasteiger partial charge in [0.15, 0.2) is 5.82 Å². The van der Waals surface area contributed by atoms with E-state index < -0.39 is 0 Å².